The van der Waals surface area contributed by atoms with Crippen molar-refractivity contribution in [3.8, 4) is 11.8 Å². The maximum atomic E-state index is 13.2. The molecule has 0 aromatic heterocycles. The first kappa shape index (κ1) is 13.8. The van der Waals surface area contributed by atoms with E-state index in [9.17, 15) is 4.39 Å². The molecule has 0 saturated carbocycles. The van der Waals surface area contributed by atoms with Gasteiger partial charge in [-0.05, 0) is 37.0 Å². The maximum absolute atomic E-state index is 13.2. The molecule has 3 nitrogen and oxygen atoms in total. The minimum atomic E-state index is -1.32. The summed E-state index contributed by atoms with van der Waals surface area (Å²) in [7, 11) is 0.159. The normalized spacial score (nSPS) is 13.9. The highest BCUT2D eigenvalue weighted by Crippen LogP contribution is 2.43. The predicted octanol–water partition coefficient (Wildman–Crippen LogP) is 3.02. The van der Waals surface area contributed by atoms with Crippen molar-refractivity contribution < 1.29 is 13.3 Å². The molecule has 0 aliphatic heterocycles. The molecule has 0 saturated heterocycles. The van der Waals surface area contributed by atoms with Crippen LogP contribution in [0.15, 0.2) is 18.2 Å². The fraction of sp³-hybridized carbons (Fsp3) is 0.417. The van der Waals surface area contributed by atoms with Gasteiger partial charge in [0.2, 0.25) is 0 Å². The summed E-state index contributed by atoms with van der Waals surface area (Å²) in [5, 5.41) is 9.11. The highest BCUT2D eigenvalue weighted by molar-refractivity contribution is 8.28. The van der Waals surface area contributed by atoms with Crippen LogP contribution >= 0.6 is 10.3 Å². The largest absolute Gasteiger partial charge is 0.496 e. The third kappa shape index (κ3) is 3.91. The van der Waals surface area contributed by atoms with Gasteiger partial charge >= 0.3 is 0 Å². The molecule has 1 aromatic carbocycles. The Kier molecular flexibility index (Phi) is 4.38. The topological polar surface area (TPSA) is 42.2 Å². The summed E-state index contributed by atoms with van der Waals surface area (Å²) < 4.78 is 24.0. The molecule has 0 aliphatic carbocycles. The Morgan fingerprint density at radius 3 is 2.47 bits per heavy atom. The zero-order valence-electron chi connectivity index (χ0n) is 10.4. The highest BCUT2D eigenvalue weighted by Gasteiger charge is 2.21. The predicted molar refractivity (Wildman–Crippen MR) is 67.8 cm³/mol. The van der Waals surface area contributed by atoms with Crippen molar-refractivity contribution in [3.63, 3.8) is 0 Å². The number of hydrogen-bond donors (Lipinski definition) is 0. The van der Waals surface area contributed by atoms with Gasteiger partial charge in [-0.3, -0.25) is 0 Å². The Balaban J connectivity index is 3.11. The third-order valence-corrected chi connectivity index (χ3v) is 2.75. The van der Waals surface area contributed by atoms with E-state index in [0.29, 0.717) is 11.3 Å². The molecule has 0 spiro atoms. The van der Waals surface area contributed by atoms with Crippen LogP contribution in [0.25, 0.3) is 0 Å². The van der Waals surface area contributed by atoms with Crippen molar-refractivity contribution in [3.05, 3.63) is 29.6 Å². The molecule has 1 rings (SSSR count). The smallest absolute Gasteiger partial charge is 0.185 e. The number of rotatable bonds is 4. The first-order valence-corrected chi connectivity index (χ1v) is 7.75. The van der Waals surface area contributed by atoms with Crippen LogP contribution in [-0.2, 0) is 4.18 Å². The second kappa shape index (κ2) is 5.39. The van der Waals surface area contributed by atoms with E-state index in [-0.39, 0.29) is 0 Å². The van der Waals surface area contributed by atoms with E-state index in [1.54, 1.807) is 0 Å². The van der Waals surface area contributed by atoms with Crippen LogP contribution in [0.3, 0.4) is 0 Å². The summed E-state index contributed by atoms with van der Waals surface area (Å²) in [4.78, 5) is 0. The zero-order chi connectivity index (χ0) is 13.1. The van der Waals surface area contributed by atoms with Crippen LogP contribution in [0.4, 0.5) is 4.39 Å². The Hall–Kier alpha value is -1.25. The molecule has 0 amide bonds. The fourth-order valence-corrected chi connectivity index (χ4v) is 2.07. The Bertz CT molecular complexity index is 437. The molecule has 94 valence electrons. The molecule has 0 heterocycles. The Labute approximate surface area is 103 Å². The molecule has 5 heteroatoms. The molecular weight excluding hydrogens is 241 g/mol. The number of methoxy groups -OCH3 is 1. The van der Waals surface area contributed by atoms with Crippen molar-refractivity contribution in [2.24, 2.45) is 0 Å². The SMILES string of the molecule is COc1ccc(F)cc1C(C#N)OS(C)(C)C. The Morgan fingerprint density at radius 1 is 1.35 bits per heavy atom. The molecule has 0 fully saturated rings. The average molecular weight is 257 g/mol. The van der Waals surface area contributed by atoms with E-state index in [1.165, 1.54) is 25.3 Å². The molecule has 1 unspecified atom stereocenters. The zero-order valence-corrected chi connectivity index (χ0v) is 11.2. The maximum Gasteiger partial charge on any atom is 0.185 e. The lowest BCUT2D eigenvalue weighted by Gasteiger charge is -2.28. The lowest BCUT2D eigenvalue weighted by molar-refractivity contribution is 0.290. The first-order chi connectivity index (χ1) is 7.87. The van der Waals surface area contributed by atoms with Gasteiger partial charge in [-0.1, -0.05) is 0 Å². The van der Waals surface area contributed by atoms with E-state index in [2.05, 4.69) is 0 Å². The van der Waals surface area contributed by atoms with Crippen molar-refractivity contribution in [1.29, 1.82) is 5.26 Å². The molecule has 0 aliphatic rings. The number of ether oxygens (including phenoxy) is 1. The van der Waals surface area contributed by atoms with Crippen molar-refractivity contribution in [2.75, 3.05) is 25.9 Å². The van der Waals surface area contributed by atoms with Crippen LogP contribution in [0.5, 0.6) is 5.75 Å². The van der Waals surface area contributed by atoms with Gasteiger partial charge in [-0.2, -0.15) is 5.26 Å². The standard InChI is InChI=1S/C12H16FNO2S/c1-15-11-6-5-9(13)7-10(11)12(8-14)16-17(2,3)4/h5-7,12H,1-4H3. The number of nitriles is 1. The molecule has 0 N–H and O–H groups in total. The van der Waals surface area contributed by atoms with Gasteiger partial charge in [0.05, 0.1) is 7.11 Å². The van der Waals surface area contributed by atoms with E-state index < -0.39 is 22.2 Å². The molecular formula is C12H16FNO2S. The van der Waals surface area contributed by atoms with Crippen molar-refractivity contribution in [2.45, 2.75) is 6.10 Å². The molecule has 0 bridgehead atoms. The van der Waals surface area contributed by atoms with Crippen LogP contribution < -0.4 is 4.74 Å². The summed E-state index contributed by atoms with van der Waals surface area (Å²) in [6.45, 7) is 0. The molecule has 1 atom stereocenters. The van der Waals surface area contributed by atoms with Crippen LogP contribution in [-0.4, -0.2) is 25.9 Å². The second-order valence-electron chi connectivity index (χ2n) is 4.22. The number of nitrogens with zero attached hydrogens (tertiary/aromatic N) is 1. The van der Waals surface area contributed by atoms with Gasteiger partial charge in [-0.25, -0.2) is 4.39 Å². The van der Waals surface area contributed by atoms with Gasteiger partial charge in [0.15, 0.2) is 6.10 Å². The fourth-order valence-electron chi connectivity index (χ4n) is 1.34. The van der Waals surface area contributed by atoms with E-state index in [1.807, 2.05) is 24.8 Å². The minimum Gasteiger partial charge on any atom is -0.496 e. The Morgan fingerprint density at radius 2 is 2.00 bits per heavy atom. The minimum absolute atomic E-state index is 0.409. The number of benzene rings is 1. The van der Waals surface area contributed by atoms with Crippen molar-refractivity contribution >= 4 is 10.3 Å². The molecule has 0 radical (unpaired) electrons. The van der Waals surface area contributed by atoms with Gasteiger partial charge in [0.1, 0.15) is 17.6 Å². The van der Waals surface area contributed by atoms with Gasteiger partial charge < -0.3 is 8.92 Å². The van der Waals surface area contributed by atoms with Gasteiger partial charge in [-0.15, -0.1) is 10.3 Å². The quantitative estimate of drug-likeness (QED) is 0.832. The van der Waals surface area contributed by atoms with Crippen LogP contribution in [0.1, 0.15) is 11.7 Å². The van der Waals surface area contributed by atoms with Crippen LogP contribution in [0.2, 0.25) is 0 Å². The van der Waals surface area contributed by atoms with E-state index in [0.717, 1.165) is 0 Å². The van der Waals surface area contributed by atoms with Gasteiger partial charge in [0, 0.05) is 5.56 Å². The summed E-state index contributed by atoms with van der Waals surface area (Å²) in [5.41, 5.74) is 0.428. The lowest BCUT2D eigenvalue weighted by atomic mass is 10.1. The summed E-state index contributed by atoms with van der Waals surface area (Å²) >= 11 is 0. The monoisotopic (exact) mass is 257 g/mol. The third-order valence-electron chi connectivity index (χ3n) is 1.98. The summed E-state index contributed by atoms with van der Waals surface area (Å²) in [6, 6.07) is 6.09. The van der Waals surface area contributed by atoms with Crippen molar-refractivity contribution in [1.82, 2.24) is 0 Å². The number of hydrogen-bond acceptors (Lipinski definition) is 3. The first-order valence-electron chi connectivity index (χ1n) is 4.97. The average Bonchev–Trinajstić information content (AvgIpc) is 2.24. The lowest BCUT2D eigenvalue weighted by Crippen LogP contribution is -2.07. The summed E-state index contributed by atoms with van der Waals surface area (Å²) in [5.74, 6) is 0.0511. The molecule has 1 aromatic rings. The summed E-state index contributed by atoms with van der Waals surface area (Å²) in [6.07, 6.45) is 4.95. The molecule has 17 heavy (non-hydrogen) atoms. The van der Waals surface area contributed by atoms with Gasteiger partial charge in [0.25, 0.3) is 0 Å². The highest BCUT2D eigenvalue weighted by atomic mass is 32.3. The number of halogens is 1. The van der Waals surface area contributed by atoms with E-state index >= 15 is 0 Å². The van der Waals surface area contributed by atoms with Crippen LogP contribution in [0, 0.1) is 17.1 Å². The van der Waals surface area contributed by atoms with E-state index in [4.69, 9.17) is 14.2 Å². The second-order valence-corrected chi connectivity index (χ2v) is 7.86.